The minimum Gasteiger partial charge on any atom is -0.268 e. The van der Waals surface area contributed by atoms with Gasteiger partial charge in [0, 0.05) is 0 Å². The van der Waals surface area contributed by atoms with Crippen molar-refractivity contribution in [3.05, 3.63) is 126 Å². The smallest absolute Gasteiger partial charge is 0.264 e. The van der Waals surface area contributed by atoms with Crippen LogP contribution >= 0.6 is 19.7 Å². The lowest BCUT2D eigenvalue weighted by atomic mass is 10.1. The van der Waals surface area contributed by atoms with Crippen LogP contribution in [0.2, 0.25) is 0 Å². The Hall–Kier alpha value is -3.26. The zero-order chi connectivity index (χ0) is 21.3. The highest BCUT2D eigenvalue weighted by Crippen LogP contribution is 2.56. The molecule has 3 nitrogen and oxygen atoms in total. The van der Waals surface area contributed by atoms with Crippen molar-refractivity contribution in [1.29, 1.82) is 0 Å². The van der Waals surface area contributed by atoms with E-state index in [9.17, 15) is 9.59 Å². The van der Waals surface area contributed by atoms with Crippen molar-refractivity contribution in [3.63, 3.8) is 0 Å². The van der Waals surface area contributed by atoms with E-state index in [0.29, 0.717) is 17.4 Å². The third kappa shape index (κ3) is 3.54. The monoisotopic (exact) mass is 458 g/mol. The van der Waals surface area contributed by atoms with Crippen LogP contribution in [0.3, 0.4) is 0 Å². The number of carbonyl (C=O) groups excluding carboxylic acids is 2. The molecule has 0 saturated carbocycles. The quantitative estimate of drug-likeness (QED) is 0.322. The summed E-state index contributed by atoms with van der Waals surface area (Å²) < 4.78 is 0. The Labute approximate surface area is 194 Å². The summed E-state index contributed by atoms with van der Waals surface area (Å²) >= 11 is 0. The molecule has 0 saturated heterocycles. The van der Waals surface area contributed by atoms with Crippen LogP contribution in [0, 0.1) is 0 Å². The zero-order valence-corrected chi connectivity index (χ0v) is 19.0. The van der Waals surface area contributed by atoms with Crippen LogP contribution < -0.4 is 15.9 Å². The molecule has 158 valence electrons. The van der Waals surface area contributed by atoms with E-state index in [1.807, 2.05) is 66.7 Å². The van der Waals surface area contributed by atoms with E-state index >= 15 is 0 Å². The molecular formula is C27H22ClNO2P+. The fourth-order valence-corrected chi connectivity index (χ4v) is 8.43. The minimum atomic E-state index is -2.32. The van der Waals surface area contributed by atoms with Crippen molar-refractivity contribution in [2.75, 3.05) is 6.29 Å². The Kier molecular flexibility index (Phi) is 6.23. The Morgan fingerprint density at radius 2 is 0.812 bits per heavy atom. The van der Waals surface area contributed by atoms with Gasteiger partial charge in [0.05, 0.1) is 11.1 Å². The fourth-order valence-electron chi connectivity index (χ4n) is 4.32. The number of halogens is 1. The van der Waals surface area contributed by atoms with Gasteiger partial charge in [0.2, 0.25) is 0 Å². The van der Waals surface area contributed by atoms with Crippen LogP contribution in [0.25, 0.3) is 0 Å². The van der Waals surface area contributed by atoms with E-state index in [4.69, 9.17) is 0 Å². The van der Waals surface area contributed by atoms with Crippen molar-refractivity contribution in [1.82, 2.24) is 4.90 Å². The molecule has 0 radical (unpaired) electrons. The summed E-state index contributed by atoms with van der Waals surface area (Å²) in [6, 6.07) is 37.9. The second kappa shape index (κ2) is 9.08. The molecule has 2 amide bonds. The maximum atomic E-state index is 13.3. The molecule has 1 aliphatic heterocycles. The van der Waals surface area contributed by atoms with Crippen LogP contribution in [0.4, 0.5) is 0 Å². The maximum Gasteiger partial charge on any atom is 0.264 e. The van der Waals surface area contributed by atoms with Gasteiger partial charge in [-0.15, -0.1) is 12.4 Å². The highest BCUT2D eigenvalue weighted by atomic mass is 35.5. The number of rotatable bonds is 5. The number of carbonyl (C=O) groups is 2. The molecule has 0 atom stereocenters. The Balaban J connectivity index is 0.00000245. The molecule has 5 rings (SSSR count). The molecule has 4 aromatic rings. The zero-order valence-electron chi connectivity index (χ0n) is 17.3. The van der Waals surface area contributed by atoms with E-state index in [2.05, 4.69) is 36.4 Å². The Morgan fingerprint density at radius 1 is 0.500 bits per heavy atom. The highest BCUT2D eigenvalue weighted by molar-refractivity contribution is 7.95. The largest absolute Gasteiger partial charge is 0.268 e. The molecule has 0 N–H and O–H groups in total. The molecule has 0 aromatic heterocycles. The lowest BCUT2D eigenvalue weighted by Crippen LogP contribution is -2.42. The number of benzene rings is 4. The fraction of sp³-hybridized carbons (Fsp3) is 0.0370. The summed E-state index contributed by atoms with van der Waals surface area (Å²) in [5.41, 5.74) is 0.972. The van der Waals surface area contributed by atoms with Crippen molar-refractivity contribution in [2.45, 2.75) is 0 Å². The molecule has 0 fully saturated rings. The van der Waals surface area contributed by atoms with Gasteiger partial charge in [-0.1, -0.05) is 66.7 Å². The molecule has 1 aliphatic rings. The average molecular weight is 459 g/mol. The predicted molar refractivity (Wildman–Crippen MR) is 134 cm³/mol. The van der Waals surface area contributed by atoms with Gasteiger partial charge in [0.15, 0.2) is 6.29 Å². The molecule has 0 unspecified atom stereocenters. The lowest BCUT2D eigenvalue weighted by molar-refractivity contribution is 0.0682. The number of hydrogen-bond acceptors (Lipinski definition) is 2. The van der Waals surface area contributed by atoms with Crippen LogP contribution in [0.1, 0.15) is 20.7 Å². The van der Waals surface area contributed by atoms with Crippen LogP contribution in [0.15, 0.2) is 115 Å². The van der Waals surface area contributed by atoms with Gasteiger partial charge >= 0.3 is 0 Å². The molecule has 32 heavy (non-hydrogen) atoms. The van der Waals surface area contributed by atoms with E-state index in [1.165, 1.54) is 4.90 Å². The van der Waals surface area contributed by atoms with E-state index in [1.54, 1.807) is 12.1 Å². The summed E-state index contributed by atoms with van der Waals surface area (Å²) in [5, 5.41) is 3.43. The molecular weight excluding hydrogens is 437 g/mol. The number of amides is 2. The maximum absolute atomic E-state index is 13.3. The first-order valence-corrected chi connectivity index (χ1v) is 12.2. The SMILES string of the molecule is Cl.O=C1c2ccccc2C(=O)N1C[P+](c1ccccc1)(c1ccccc1)c1ccccc1. The van der Waals surface area contributed by atoms with Crippen molar-refractivity contribution < 1.29 is 9.59 Å². The third-order valence-corrected chi connectivity index (χ3v) is 10.1. The summed E-state index contributed by atoms with van der Waals surface area (Å²) in [5.74, 6) is -0.430. The van der Waals surface area contributed by atoms with Gasteiger partial charge in [-0.2, -0.15) is 0 Å². The van der Waals surface area contributed by atoms with Gasteiger partial charge < -0.3 is 0 Å². The van der Waals surface area contributed by atoms with Crippen molar-refractivity contribution in [2.24, 2.45) is 0 Å². The average Bonchev–Trinajstić information content (AvgIpc) is 3.09. The molecule has 5 heteroatoms. The molecule has 0 bridgehead atoms. The highest BCUT2D eigenvalue weighted by Gasteiger charge is 2.51. The number of nitrogens with zero attached hydrogens (tertiary/aromatic N) is 1. The Morgan fingerprint density at radius 3 is 1.16 bits per heavy atom. The van der Waals surface area contributed by atoms with E-state index in [0.717, 1.165) is 15.9 Å². The topological polar surface area (TPSA) is 37.4 Å². The van der Waals surface area contributed by atoms with Crippen LogP contribution in [-0.4, -0.2) is 23.0 Å². The van der Waals surface area contributed by atoms with Crippen LogP contribution in [-0.2, 0) is 0 Å². The van der Waals surface area contributed by atoms with Crippen molar-refractivity contribution in [3.8, 4) is 0 Å². The summed E-state index contributed by atoms with van der Waals surface area (Å²) in [6.07, 6.45) is 0.331. The molecule has 4 aromatic carbocycles. The Bertz CT molecular complexity index is 1110. The number of imide groups is 1. The van der Waals surface area contributed by atoms with Crippen molar-refractivity contribution >= 4 is 47.4 Å². The molecule has 1 heterocycles. The third-order valence-electron chi connectivity index (χ3n) is 5.82. The first kappa shape index (κ1) is 22.0. The second-order valence-electron chi connectivity index (χ2n) is 7.54. The summed E-state index contributed by atoms with van der Waals surface area (Å²) in [7, 11) is -2.32. The first-order valence-electron chi connectivity index (χ1n) is 10.2. The summed E-state index contributed by atoms with van der Waals surface area (Å²) in [6.45, 7) is 0. The molecule has 0 aliphatic carbocycles. The number of hydrogen-bond donors (Lipinski definition) is 0. The summed E-state index contributed by atoms with van der Waals surface area (Å²) in [4.78, 5) is 28.1. The van der Waals surface area contributed by atoms with Gasteiger partial charge in [0.25, 0.3) is 11.8 Å². The van der Waals surface area contributed by atoms with Gasteiger partial charge in [0.1, 0.15) is 23.2 Å². The van der Waals surface area contributed by atoms with E-state index in [-0.39, 0.29) is 24.2 Å². The minimum absolute atomic E-state index is 0. The van der Waals surface area contributed by atoms with Gasteiger partial charge in [-0.3, -0.25) is 9.59 Å². The second-order valence-corrected chi connectivity index (χ2v) is 11.0. The van der Waals surface area contributed by atoms with E-state index < -0.39 is 7.26 Å². The van der Waals surface area contributed by atoms with Crippen LogP contribution in [0.5, 0.6) is 0 Å². The van der Waals surface area contributed by atoms with Gasteiger partial charge in [-0.05, 0) is 48.5 Å². The number of fused-ring (bicyclic) bond motifs is 1. The lowest BCUT2D eigenvalue weighted by Gasteiger charge is -2.30. The van der Waals surface area contributed by atoms with Gasteiger partial charge in [-0.25, -0.2) is 4.90 Å². The normalized spacial score (nSPS) is 12.9. The first-order chi connectivity index (χ1) is 15.2. The predicted octanol–water partition coefficient (Wildman–Crippen LogP) is 4.66. The standard InChI is InChI=1S/C27H21NO2P.ClH/c29-26-24-18-10-11-19-25(24)27(30)28(26)20-31(21-12-4-1-5-13-21,22-14-6-2-7-15-22)23-16-8-3-9-17-23;/h1-19H,20H2;1H/q+1;. The molecule has 0 spiro atoms.